The second kappa shape index (κ2) is 9.62. The van der Waals surface area contributed by atoms with Crippen LogP contribution in [0.4, 0.5) is 0 Å². The van der Waals surface area contributed by atoms with E-state index in [0.29, 0.717) is 19.6 Å². The van der Waals surface area contributed by atoms with Crippen LogP contribution in [0.2, 0.25) is 0 Å². The van der Waals surface area contributed by atoms with Gasteiger partial charge >= 0.3 is 0 Å². The molecule has 25 heavy (non-hydrogen) atoms. The van der Waals surface area contributed by atoms with Crippen LogP contribution in [0.3, 0.4) is 0 Å². The molecule has 4 nitrogen and oxygen atoms in total. The fourth-order valence-electron chi connectivity index (χ4n) is 2.70. The van der Waals surface area contributed by atoms with Gasteiger partial charge in [0.15, 0.2) is 0 Å². The molecule has 0 N–H and O–H groups in total. The van der Waals surface area contributed by atoms with Gasteiger partial charge in [-0.25, -0.2) is 0 Å². The molecule has 2 aromatic rings. The van der Waals surface area contributed by atoms with Crippen molar-refractivity contribution < 1.29 is 9.59 Å². The molecule has 2 aromatic carbocycles. The van der Waals surface area contributed by atoms with Gasteiger partial charge in [-0.1, -0.05) is 60.7 Å². The summed E-state index contributed by atoms with van der Waals surface area (Å²) in [5, 5.41) is 0. The molecule has 0 unspecified atom stereocenters. The topological polar surface area (TPSA) is 40.6 Å². The van der Waals surface area contributed by atoms with Crippen molar-refractivity contribution in [2.45, 2.75) is 26.8 Å². The highest BCUT2D eigenvalue weighted by atomic mass is 16.2. The van der Waals surface area contributed by atoms with Crippen molar-refractivity contribution >= 4 is 11.8 Å². The van der Waals surface area contributed by atoms with Gasteiger partial charge in [0.1, 0.15) is 0 Å². The summed E-state index contributed by atoms with van der Waals surface area (Å²) in [5.41, 5.74) is 2.26. The molecule has 0 saturated heterocycles. The molecule has 0 heterocycles. The van der Waals surface area contributed by atoms with Gasteiger partial charge in [-0.2, -0.15) is 0 Å². The molecule has 132 valence electrons. The summed E-state index contributed by atoms with van der Waals surface area (Å²) in [6, 6.07) is 19.9. The van der Waals surface area contributed by atoms with Crippen LogP contribution in [0.5, 0.6) is 0 Å². The zero-order valence-corrected chi connectivity index (χ0v) is 15.0. The normalized spacial score (nSPS) is 10.3. The maximum atomic E-state index is 12.6. The Hall–Kier alpha value is -2.62. The van der Waals surface area contributed by atoms with Gasteiger partial charge < -0.3 is 9.80 Å². The number of benzene rings is 2. The number of rotatable bonds is 8. The zero-order valence-electron chi connectivity index (χ0n) is 15.0. The predicted molar refractivity (Wildman–Crippen MR) is 99.9 cm³/mol. The highest BCUT2D eigenvalue weighted by Gasteiger charge is 2.18. The fourth-order valence-corrected chi connectivity index (χ4v) is 2.70. The molecule has 0 saturated carbocycles. The Kier molecular flexibility index (Phi) is 7.20. The van der Waals surface area contributed by atoms with E-state index in [9.17, 15) is 9.59 Å². The minimum atomic E-state index is -0.0694. The highest BCUT2D eigenvalue weighted by molar-refractivity contribution is 5.83. The summed E-state index contributed by atoms with van der Waals surface area (Å²) in [5.74, 6) is -0.0883. The molecule has 0 radical (unpaired) electrons. The van der Waals surface area contributed by atoms with E-state index in [1.165, 1.54) is 6.92 Å². The number of carbonyl (C=O) groups excluding carboxylic acids is 2. The molecule has 2 amide bonds. The fraction of sp³-hybridized carbons (Fsp3) is 0.333. The van der Waals surface area contributed by atoms with Crippen LogP contribution in [0.1, 0.15) is 25.0 Å². The standard InChI is InChI=1S/C21H26N2O2/c1-3-22(16-20-12-8-5-9-13-20)21(25)17-23(18(2)24)15-14-19-10-6-4-7-11-19/h4-13H,3,14-17H2,1-2H3. The number of likely N-dealkylation sites (N-methyl/N-ethyl adjacent to an activating group) is 1. The van der Waals surface area contributed by atoms with E-state index in [1.807, 2.05) is 67.6 Å². The lowest BCUT2D eigenvalue weighted by Gasteiger charge is -2.26. The van der Waals surface area contributed by atoms with Crippen LogP contribution in [-0.4, -0.2) is 41.2 Å². The molecule has 0 spiro atoms. The van der Waals surface area contributed by atoms with E-state index in [2.05, 4.69) is 0 Å². The first-order valence-corrected chi connectivity index (χ1v) is 8.71. The third-order valence-corrected chi connectivity index (χ3v) is 4.24. The summed E-state index contributed by atoms with van der Waals surface area (Å²) in [7, 11) is 0. The summed E-state index contributed by atoms with van der Waals surface area (Å²) >= 11 is 0. The van der Waals surface area contributed by atoms with Crippen LogP contribution in [0.15, 0.2) is 60.7 Å². The molecule has 0 aliphatic heterocycles. The van der Waals surface area contributed by atoms with Crippen molar-refractivity contribution in [2.75, 3.05) is 19.6 Å². The van der Waals surface area contributed by atoms with Crippen LogP contribution >= 0.6 is 0 Å². The van der Waals surface area contributed by atoms with E-state index in [0.717, 1.165) is 17.5 Å². The predicted octanol–water partition coefficient (Wildman–Crippen LogP) is 3.13. The number of hydrogen-bond acceptors (Lipinski definition) is 2. The lowest BCUT2D eigenvalue weighted by Crippen LogP contribution is -2.42. The third kappa shape index (κ3) is 6.07. The quantitative estimate of drug-likeness (QED) is 0.742. The van der Waals surface area contributed by atoms with E-state index in [1.54, 1.807) is 9.80 Å². The van der Waals surface area contributed by atoms with Crippen molar-refractivity contribution in [1.29, 1.82) is 0 Å². The van der Waals surface area contributed by atoms with Gasteiger partial charge in [0.2, 0.25) is 11.8 Å². The van der Waals surface area contributed by atoms with E-state index in [-0.39, 0.29) is 18.4 Å². The number of carbonyl (C=O) groups is 2. The smallest absolute Gasteiger partial charge is 0.242 e. The van der Waals surface area contributed by atoms with Crippen molar-refractivity contribution in [3.63, 3.8) is 0 Å². The van der Waals surface area contributed by atoms with Crippen molar-refractivity contribution in [1.82, 2.24) is 9.80 Å². The summed E-state index contributed by atoms with van der Waals surface area (Å²) in [4.78, 5) is 28.0. The molecule has 0 aromatic heterocycles. The molecule has 0 bridgehead atoms. The average molecular weight is 338 g/mol. The van der Waals surface area contributed by atoms with E-state index < -0.39 is 0 Å². The Balaban J connectivity index is 1.94. The first kappa shape index (κ1) is 18.7. The Morgan fingerprint density at radius 3 is 1.92 bits per heavy atom. The summed E-state index contributed by atoms with van der Waals surface area (Å²) in [6.07, 6.45) is 0.749. The van der Waals surface area contributed by atoms with Gasteiger partial charge in [-0.15, -0.1) is 0 Å². The van der Waals surface area contributed by atoms with Crippen LogP contribution in [0.25, 0.3) is 0 Å². The maximum absolute atomic E-state index is 12.6. The Bertz CT molecular complexity index is 671. The van der Waals surface area contributed by atoms with E-state index >= 15 is 0 Å². The molecular weight excluding hydrogens is 312 g/mol. The number of nitrogens with zero attached hydrogens (tertiary/aromatic N) is 2. The van der Waals surface area contributed by atoms with Gasteiger partial charge in [-0.3, -0.25) is 9.59 Å². The molecule has 0 atom stereocenters. The minimum absolute atomic E-state index is 0.0189. The zero-order chi connectivity index (χ0) is 18.1. The summed E-state index contributed by atoms with van der Waals surface area (Å²) < 4.78 is 0. The minimum Gasteiger partial charge on any atom is -0.337 e. The Morgan fingerprint density at radius 1 is 0.840 bits per heavy atom. The lowest BCUT2D eigenvalue weighted by molar-refractivity contribution is -0.139. The largest absolute Gasteiger partial charge is 0.337 e. The number of hydrogen-bond donors (Lipinski definition) is 0. The van der Waals surface area contributed by atoms with Crippen molar-refractivity contribution in [3.05, 3.63) is 71.8 Å². The van der Waals surface area contributed by atoms with Gasteiger partial charge in [0.25, 0.3) is 0 Å². The summed E-state index contributed by atoms with van der Waals surface area (Å²) in [6.45, 7) is 5.35. The van der Waals surface area contributed by atoms with Gasteiger partial charge in [0.05, 0.1) is 6.54 Å². The molecule has 0 aliphatic rings. The Labute approximate surface area is 150 Å². The first-order valence-electron chi connectivity index (χ1n) is 8.71. The average Bonchev–Trinajstić information content (AvgIpc) is 2.64. The van der Waals surface area contributed by atoms with Crippen LogP contribution < -0.4 is 0 Å². The van der Waals surface area contributed by atoms with Gasteiger partial charge in [0, 0.05) is 26.6 Å². The van der Waals surface area contributed by atoms with Crippen LogP contribution in [-0.2, 0) is 22.6 Å². The SMILES string of the molecule is CCN(Cc1ccccc1)C(=O)CN(CCc1ccccc1)C(C)=O. The second-order valence-corrected chi connectivity index (χ2v) is 6.07. The molecule has 4 heteroatoms. The monoisotopic (exact) mass is 338 g/mol. The number of amides is 2. The molecule has 0 fully saturated rings. The highest BCUT2D eigenvalue weighted by Crippen LogP contribution is 2.07. The van der Waals surface area contributed by atoms with Crippen molar-refractivity contribution in [3.8, 4) is 0 Å². The Morgan fingerprint density at radius 2 is 1.40 bits per heavy atom. The maximum Gasteiger partial charge on any atom is 0.242 e. The molecule has 0 aliphatic carbocycles. The second-order valence-electron chi connectivity index (χ2n) is 6.07. The lowest BCUT2D eigenvalue weighted by atomic mass is 10.1. The first-order chi connectivity index (χ1) is 12.1. The third-order valence-electron chi connectivity index (χ3n) is 4.24. The van der Waals surface area contributed by atoms with Crippen LogP contribution in [0, 0.1) is 0 Å². The van der Waals surface area contributed by atoms with E-state index in [4.69, 9.17) is 0 Å². The van der Waals surface area contributed by atoms with Gasteiger partial charge in [-0.05, 0) is 24.5 Å². The van der Waals surface area contributed by atoms with Crippen molar-refractivity contribution in [2.24, 2.45) is 0 Å². The molecular formula is C21H26N2O2. The molecule has 2 rings (SSSR count).